The number of thiazole rings is 1. The van der Waals surface area contributed by atoms with E-state index in [1.165, 1.54) is 36.1 Å². The number of nitrogens with zero attached hydrogens (tertiary/aromatic N) is 4. The fourth-order valence-electron chi connectivity index (χ4n) is 2.63. The van der Waals surface area contributed by atoms with Crippen LogP contribution in [0.1, 0.15) is 0 Å². The Kier molecular flexibility index (Phi) is 5.56. The van der Waals surface area contributed by atoms with E-state index in [2.05, 4.69) is 25.6 Å². The van der Waals surface area contributed by atoms with Crippen molar-refractivity contribution in [3.8, 4) is 0 Å². The van der Waals surface area contributed by atoms with Gasteiger partial charge >= 0.3 is 0 Å². The van der Waals surface area contributed by atoms with Crippen LogP contribution in [0.15, 0.2) is 59.8 Å². The maximum Gasteiger partial charge on any atom is 0.242 e. The predicted molar refractivity (Wildman–Crippen MR) is 121 cm³/mol. The number of hydrogen-bond donors (Lipinski definition) is 2. The largest absolute Gasteiger partial charge is 0.338 e. The van der Waals surface area contributed by atoms with Crippen molar-refractivity contribution in [3.05, 3.63) is 59.9 Å². The monoisotopic (exact) mass is 460 g/mol. The molecule has 154 valence electrons. The Hall–Kier alpha value is -2.79. The van der Waals surface area contributed by atoms with Crippen molar-refractivity contribution in [2.24, 2.45) is 0 Å². The minimum absolute atomic E-state index is 0.214. The van der Waals surface area contributed by atoms with E-state index in [-0.39, 0.29) is 4.90 Å². The minimum Gasteiger partial charge on any atom is -0.338 e. The van der Waals surface area contributed by atoms with Gasteiger partial charge in [-0.1, -0.05) is 35.1 Å². The summed E-state index contributed by atoms with van der Waals surface area (Å²) < 4.78 is 25.6. The molecular weight excluding hydrogens is 444 g/mol. The number of benzene rings is 2. The molecule has 8 nitrogen and oxygen atoms in total. The van der Waals surface area contributed by atoms with Crippen LogP contribution < -0.4 is 10.6 Å². The number of halogens is 1. The number of fused-ring (bicyclic) bond motifs is 1. The SMILES string of the molecule is CN(C)S(=O)(=O)c1ccc(Nc2ncnc3sc(Nc4ccccc4Cl)nc23)cc1. The molecule has 0 aliphatic heterocycles. The van der Waals surface area contributed by atoms with Gasteiger partial charge in [-0.3, -0.25) is 0 Å². The standard InChI is InChI=1S/C19H17ClN6O2S2/c1-26(2)30(27,28)13-9-7-12(8-10-13)23-17-16-18(22-11-21-17)29-19(25-16)24-15-6-4-3-5-14(15)20/h3-11H,1-2H3,(H,24,25)(H,21,22,23). The molecule has 4 rings (SSSR count). The molecule has 30 heavy (non-hydrogen) atoms. The zero-order valence-electron chi connectivity index (χ0n) is 16.0. The van der Waals surface area contributed by atoms with Crippen molar-refractivity contribution in [2.45, 2.75) is 4.90 Å². The van der Waals surface area contributed by atoms with E-state index in [0.717, 1.165) is 5.69 Å². The average molecular weight is 461 g/mol. The Balaban J connectivity index is 1.61. The molecule has 2 aromatic carbocycles. The van der Waals surface area contributed by atoms with E-state index in [0.29, 0.717) is 32.0 Å². The fraction of sp³-hybridized carbons (Fsp3) is 0.105. The van der Waals surface area contributed by atoms with E-state index in [9.17, 15) is 8.42 Å². The third-order valence-corrected chi connectivity index (χ3v) is 7.24. The lowest BCUT2D eigenvalue weighted by Gasteiger charge is -2.12. The molecule has 0 aliphatic rings. The molecule has 0 atom stereocenters. The summed E-state index contributed by atoms with van der Waals surface area (Å²) in [6, 6.07) is 13.8. The molecule has 4 aromatic rings. The van der Waals surface area contributed by atoms with Crippen molar-refractivity contribution >= 4 is 65.6 Å². The van der Waals surface area contributed by atoms with Crippen LogP contribution in [0, 0.1) is 0 Å². The topological polar surface area (TPSA) is 100 Å². The number of sulfonamides is 1. The highest BCUT2D eigenvalue weighted by molar-refractivity contribution is 7.89. The van der Waals surface area contributed by atoms with E-state index in [1.807, 2.05) is 18.2 Å². The van der Waals surface area contributed by atoms with Crippen molar-refractivity contribution in [3.63, 3.8) is 0 Å². The smallest absolute Gasteiger partial charge is 0.242 e. The van der Waals surface area contributed by atoms with Gasteiger partial charge in [0.15, 0.2) is 15.8 Å². The Bertz CT molecular complexity index is 1310. The molecule has 0 saturated heterocycles. The van der Waals surface area contributed by atoms with Gasteiger partial charge in [-0.2, -0.15) is 0 Å². The summed E-state index contributed by atoms with van der Waals surface area (Å²) in [5.41, 5.74) is 2.03. The van der Waals surface area contributed by atoms with Crippen LogP contribution in [0.25, 0.3) is 10.3 Å². The molecule has 11 heteroatoms. The third-order valence-electron chi connectivity index (χ3n) is 4.21. The molecule has 0 radical (unpaired) electrons. The third kappa shape index (κ3) is 4.08. The first-order valence-electron chi connectivity index (χ1n) is 8.77. The molecule has 0 fully saturated rings. The second-order valence-corrected chi connectivity index (χ2v) is 9.97. The molecule has 2 heterocycles. The second kappa shape index (κ2) is 8.15. The van der Waals surface area contributed by atoms with Crippen molar-refractivity contribution in [1.82, 2.24) is 19.3 Å². The highest BCUT2D eigenvalue weighted by atomic mass is 35.5. The summed E-state index contributed by atoms with van der Waals surface area (Å²) in [7, 11) is -0.490. The fourth-order valence-corrected chi connectivity index (χ4v) is 4.54. The normalized spacial score (nSPS) is 11.7. The molecule has 0 amide bonds. The molecule has 2 aromatic heterocycles. The number of rotatable bonds is 6. The van der Waals surface area contributed by atoms with Gasteiger partial charge in [-0.05, 0) is 36.4 Å². The average Bonchev–Trinajstić information content (AvgIpc) is 3.14. The summed E-state index contributed by atoms with van der Waals surface area (Å²) in [5, 5.41) is 7.60. The van der Waals surface area contributed by atoms with Gasteiger partial charge in [-0.25, -0.2) is 27.7 Å². The lowest BCUT2D eigenvalue weighted by Crippen LogP contribution is -2.22. The molecule has 0 saturated carbocycles. The quantitative estimate of drug-likeness (QED) is 0.437. The number of nitrogens with one attached hydrogen (secondary N) is 2. The van der Waals surface area contributed by atoms with Crippen molar-refractivity contribution < 1.29 is 8.42 Å². The first-order valence-corrected chi connectivity index (χ1v) is 11.4. The van der Waals surface area contributed by atoms with Crippen LogP contribution >= 0.6 is 22.9 Å². The Labute approximate surface area is 182 Å². The molecule has 0 spiro atoms. The summed E-state index contributed by atoms with van der Waals surface area (Å²) >= 11 is 7.58. The van der Waals surface area contributed by atoms with Crippen LogP contribution in [-0.4, -0.2) is 41.8 Å². The van der Waals surface area contributed by atoms with Crippen LogP contribution in [-0.2, 0) is 10.0 Å². The predicted octanol–water partition coefficient (Wildman–Crippen LogP) is 4.48. The van der Waals surface area contributed by atoms with Crippen LogP contribution in [0.4, 0.5) is 22.3 Å². The van der Waals surface area contributed by atoms with Crippen molar-refractivity contribution in [2.75, 3.05) is 24.7 Å². The van der Waals surface area contributed by atoms with Gasteiger partial charge < -0.3 is 10.6 Å². The van der Waals surface area contributed by atoms with Gasteiger partial charge in [0.2, 0.25) is 10.0 Å². The lowest BCUT2D eigenvalue weighted by molar-refractivity contribution is 0.521. The van der Waals surface area contributed by atoms with E-state index in [1.54, 1.807) is 30.3 Å². The highest BCUT2D eigenvalue weighted by Crippen LogP contribution is 2.33. The van der Waals surface area contributed by atoms with E-state index >= 15 is 0 Å². The molecule has 0 unspecified atom stereocenters. The van der Waals surface area contributed by atoms with E-state index in [4.69, 9.17) is 11.6 Å². The van der Waals surface area contributed by atoms with Gasteiger partial charge in [0.1, 0.15) is 11.8 Å². The zero-order valence-corrected chi connectivity index (χ0v) is 18.4. The summed E-state index contributed by atoms with van der Waals surface area (Å²) in [4.78, 5) is 14.1. The van der Waals surface area contributed by atoms with Gasteiger partial charge in [0, 0.05) is 19.8 Å². The summed E-state index contributed by atoms with van der Waals surface area (Å²) in [6.07, 6.45) is 1.45. The van der Waals surface area contributed by atoms with Gasteiger partial charge in [0.05, 0.1) is 15.6 Å². The first-order chi connectivity index (χ1) is 14.3. The maximum absolute atomic E-state index is 12.2. The highest BCUT2D eigenvalue weighted by Gasteiger charge is 2.17. The zero-order chi connectivity index (χ0) is 21.3. The number of para-hydroxylation sites is 1. The Morgan fingerprint density at radius 2 is 1.73 bits per heavy atom. The number of anilines is 4. The number of hydrogen-bond acceptors (Lipinski definition) is 8. The van der Waals surface area contributed by atoms with E-state index < -0.39 is 10.0 Å². The lowest BCUT2D eigenvalue weighted by atomic mass is 10.3. The Morgan fingerprint density at radius 3 is 2.43 bits per heavy atom. The van der Waals surface area contributed by atoms with Gasteiger partial charge in [-0.15, -0.1) is 0 Å². The molecule has 0 bridgehead atoms. The second-order valence-electron chi connectivity index (χ2n) is 6.44. The molecule has 2 N–H and O–H groups in total. The van der Waals surface area contributed by atoms with Crippen LogP contribution in [0.2, 0.25) is 5.02 Å². The molecule has 0 aliphatic carbocycles. The number of aromatic nitrogens is 3. The van der Waals surface area contributed by atoms with Gasteiger partial charge in [0.25, 0.3) is 0 Å². The minimum atomic E-state index is -3.48. The maximum atomic E-state index is 12.2. The molecular formula is C19H17ClN6O2S2. The summed E-state index contributed by atoms with van der Waals surface area (Å²) in [5.74, 6) is 0.520. The van der Waals surface area contributed by atoms with Crippen molar-refractivity contribution in [1.29, 1.82) is 0 Å². The van der Waals surface area contributed by atoms with Crippen LogP contribution in [0.3, 0.4) is 0 Å². The Morgan fingerprint density at radius 1 is 1.00 bits per heavy atom. The summed E-state index contributed by atoms with van der Waals surface area (Å²) in [6.45, 7) is 0. The first kappa shape index (κ1) is 20.5. The van der Waals surface area contributed by atoms with Crippen LogP contribution in [0.5, 0.6) is 0 Å².